The molecular formula is C21H23ClFN5O3S. The molecule has 0 aliphatic carbocycles. The molecule has 0 atom stereocenters. The van der Waals surface area contributed by atoms with Crippen molar-refractivity contribution in [1.29, 1.82) is 0 Å². The maximum absolute atomic E-state index is 13.4. The molecular weight excluding hydrogens is 457 g/mol. The van der Waals surface area contributed by atoms with Crippen LogP contribution in [0, 0.1) is 5.82 Å². The Morgan fingerprint density at radius 3 is 2.62 bits per heavy atom. The predicted octanol–water partition coefficient (Wildman–Crippen LogP) is 3.62. The van der Waals surface area contributed by atoms with Crippen LogP contribution in [0.1, 0.15) is 39.2 Å². The van der Waals surface area contributed by atoms with E-state index in [1.807, 2.05) is 0 Å². The standard InChI is InChI=1S/C21H23ClFN5O3S/c1-12(2)28-19(30)17-18(25-20(32-17)26-8-4-3-5-9-26)27(21(28)31)11-16(29)24-13-6-7-15(23)14(22)10-13/h6-7,10,12H,3-5,8-9,11H2,1-2H3,(H,24,29). The summed E-state index contributed by atoms with van der Waals surface area (Å²) >= 11 is 7.03. The van der Waals surface area contributed by atoms with Crippen molar-refractivity contribution >= 4 is 50.0 Å². The van der Waals surface area contributed by atoms with E-state index >= 15 is 0 Å². The van der Waals surface area contributed by atoms with Crippen LogP contribution in [0.2, 0.25) is 5.02 Å². The Bertz CT molecular complexity index is 1290. The van der Waals surface area contributed by atoms with Crippen LogP contribution in [0.15, 0.2) is 27.8 Å². The lowest BCUT2D eigenvalue weighted by molar-refractivity contribution is -0.116. The van der Waals surface area contributed by atoms with Crippen molar-refractivity contribution in [3.8, 4) is 0 Å². The Labute approximate surface area is 192 Å². The van der Waals surface area contributed by atoms with Gasteiger partial charge >= 0.3 is 5.69 Å². The third kappa shape index (κ3) is 4.29. The molecule has 1 amide bonds. The molecule has 3 aromatic rings. The topological polar surface area (TPSA) is 89.2 Å². The normalized spacial score (nSPS) is 14.3. The number of aromatic nitrogens is 3. The molecule has 2 aromatic heterocycles. The first-order valence-corrected chi connectivity index (χ1v) is 11.6. The molecule has 1 saturated heterocycles. The first kappa shape index (κ1) is 22.5. The number of amides is 1. The number of thiazole rings is 1. The lowest BCUT2D eigenvalue weighted by atomic mass is 10.1. The van der Waals surface area contributed by atoms with Gasteiger partial charge in [0.2, 0.25) is 5.91 Å². The van der Waals surface area contributed by atoms with Gasteiger partial charge in [0.15, 0.2) is 10.8 Å². The Balaban J connectivity index is 1.75. The summed E-state index contributed by atoms with van der Waals surface area (Å²) in [6.45, 7) is 4.82. The van der Waals surface area contributed by atoms with Crippen molar-refractivity contribution in [3.05, 3.63) is 49.9 Å². The molecule has 4 rings (SSSR count). The Morgan fingerprint density at radius 2 is 1.97 bits per heavy atom. The van der Waals surface area contributed by atoms with Crippen molar-refractivity contribution in [2.45, 2.75) is 45.7 Å². The van der Waals surface area contributed by atoms with Gasteiger partial charge in [0.25, 0.3) is 5.56 Å². The first-order valence-electron chi connectivity index (χ1n) is 10.4. The quantitative estimate of drug-likeness (QED) is 0.603. The lowest BCUT2D eigenvalue weighted by Gasteiger charge is -2.25. The van der Waals surface area contributed by atoms with Gasteiger partial charge < -0.3 is 10.2 Å². The van der Waals surface area contributed by atoms with Crippen molar-refractivity contribution in [2.24, 2.45) is 0 Å². The van der Waals surface area contributed by atoms with Gasteiger partial charge in [-0.05, 0) is 51.3 Å². The number of rotatable bonds is 5. The van der Waals surface area contributed by atoms with Gasteiger partial charge in [-0.2, -0.15) is 0 Å². The van der Waals surface area contributed by atoms with Crippen molar-refractivity contribution in [2.75, 3.05) is 23.3 Å². The number of hydrogen-bond donors (Lipinski definition) is 1. The molecule has 0 bridgehead atoms. The zero-order valence-corrected chi connectivity index (χ0v) is 19.3. The minimum absolute atomic E-state index is 0.124. The van der Waals surface area contributed by atoms with Gasteiger partial charge in [0.1, 0.15) is 17.1 Å². The Hall–Kier alpha value is -2.72. The summed E-state index contributed by atoms with van der Waals surface area (Å²) in [4.78, 5) is 45.6. The molecule has 1 fully saturated rings. The highest BCUT2D eigenvalue weighted by molar-refractivity contribution is 7.22. The molecule has 170 valence electrons. The fourth-order valence-corrected chi connectivity index (χ4v) is 5.02. The number of hydrogen-bond acceptors (Lipinski definition) is 6. The van der Waals surface area contributed by atoms with Crippen LogP contribution >= 0.6 is 22.9 Å². The van der Waals surface area contributed by atoms with Crippen LogP contribution < -0.4 is 21.5 Å². The highest BCUT2D eigenvalue weighted by atomic mass is 35.5. The lowest BCUT2D eigenvalue weighted by Crippen LogP contribution is -2.42. The maximum atomic E-state index is 13.4. The fourth-order valence-electron chi connectivity index (χ4n) is 3.78. The van der Waals surface area contributed by atoms with Crippen LogP contribution in [0.5, 0.6) is 0 Å². The van der Waals surface area contributed by atoms with E-state index in [1.54, 1.807) is 13.8 Å². The molecule has 0 saturated carbocycles. The third-order valence-electron chi connectivity index (χ3n) is 5.35. The van der Waals surface area contributed by atoms with Crippen LogP contribution in [-0.4, -0.2) is 33.1 Å². The summed E-state index contributed by atoms with van der Waals surface area (Å²) in [5, 5.41) is 3.17. The zero-order chi connectivity index (χ0) is 23.0. The summed E-state index contributed by atoms with van der Waals surface area (Å²) < 4.78 is 16.1. The molecule has 0 spiro atoms. The van der Waals surface area contributed by atoms with Gasteiger partial charge in [0.05, 0.1) is 5.02 Å². The Kier molecular flexibility index (Phi) is 6.34. The minimum Gasteiger partial charge on any atom is -0.348 e. The number of nitrogens with zero attached hydrogens (tertiary/aromatic N) is 4. The summed E-state index contributed by atoms with van der Waals surface area (Å²) in [5.74, 6) is -1.11. The zero-order valence-electron chi connectivity index (χ0n) is 17.7. The van der Waals surface area contributed by atoms with Crippen LogP contribution in [0.25, 0.3) is 10.3 Å². The van der Waals surface area contributed by atoms with E-state index < -0.39 is 23.0 Å². The SMILES string of the molecule is CC(C)n1c(=O)c2sc(N3CCCCC3)nc2n(CC(=O)Nc2ccc(F)c(Cl)c2)c1=O. The average Bonchev–Trinajstić information content (AvgIpc) is 3.20. The maximum Gasteiger partial charge on any atom is 0.333 e. The van der Waals surface area contributed by atoms with Gasteiger partial charge in [-0.15, -0.1) is 0 Å². The number of piperidine rings is 1. The van der Waals surface area contributed by atoms with E-state index in [-0.39, 0.29) is 23.3 Å². The van der Waals surface area contributed by atoms with E-state index in [0.29, 0.717) is 15.5 Å². The van der Waals surface area contributed by atoms with Crippen molar-refractivity contribution in [3.63, 3.8) is 0 Å². The number of fused-ring (bicyclic) bond motifs is 1. The summed E-state index contributed by atoms with van der Waals surface area (Å²) in [7, 11) is 0. The molecule has 8 nitrogen and oxygen atoms in total. The summed E-state index contributed by atoms with van der Waals surface area (Å²) in [6.07, 6.45) is 3.24. The molecule has 1 aliphatic rings. The third-order valence-corrected chi connectivity index (χ3v) is 6.73. The monoisotopic (exact) mass is 479 g/mol. The number of anilines is 2. The molecule has 11 heteroatoms. The average molecular weight is 480 g/mol. The predicted molar refractivity (Wildman–Crippen MR) is 125 cm³/mol. The second kappa shape index (κ2) is 9.03. The van der Waals surface area contributed by atoms with Crippen molar-refractivity contribution < 1.29 is 9.18 Å². The number of carbonyl (C=O) groups is 1. The number of benzene rings is 1. The minimum atomic E-state index is -0.598. The molecule has 3 heterocycles. The summed E-state index contributed by atoms with van der Waals surface area (Å²) in [5.41, 5.74) is -0.493. The molecule has 1 aromatic carbocycles. The Morgan fingerprint density at radius 1 is 1.25 bits per heavy atom. The molecule has 1 N–H and O–H groups in total. The fraction of sp³-hybridized carbons (Fsp3) is 0.429. The van der Waals surface area contributed by atoms with E-state index in [0.717, 1.165) is 43.0 Å². The van der Waals surface area contributed by atoms with Crippen LogP contribution in [0.4, 0.5) is 15.2 Å². The largest absolute Gasteiger partial charge is 0.348 e. The number of nitrogens with one attached hydrogen (secondary N) is 1. The molecule has 32 heavy (non-hydrogen) atoms. The van der Waals surface area contributed by atoms with E-state index in [9.17, 15) is 18.8 Å². The van der Waals surface area contributed by atoms with Gasteiger partial charge in [-0.25, -0.2) is 14.2 Å². The highest BCUT2D eigenvalue weighted by Gasteiger charge is 2.23. The number of carbonyl (C=O) groups excluding carboxylic acids is 1. The molecule has 0 unspecified atom stereocenters. The van der Waals surface area contributed by atoms with Crippen LogP contribution in [0.3, 0.4) is 0 Å². The summed E-state index contributed by atoms with van der Waals surface area (Å²) in [6, 6.07) is 3.43. The van der Waals surface area contributed by atoms with Crippen LogP contribution in [-0.2, 0) is 11.3 Å². The molecule has 0 radical (unpaired) electrons. The highest BCUT2D eigenvalue weighted by Crippen LogP contribution is 2.28. The number of halogens is 2. The molecule has 1 aliphatic heterocycles. The van der Waals surface area contributed by atoms with E-state index in [4.69, 9.17) is 11.6 Å². The second-order valence-corrected chi connectivity index (χ2v) is 9.40. The second-order valence-electron chi connectivity index (χ2n) is 8.01. The van der Waals surface area contributed by atoms with Gasteiger partial charge in [-0.3, -0.25) is 18.7 Å². The van der Waals surface area contributed by atoms with Gasteiger partial charge in [0, 0.05) is 24.8 Å². The smallest absolute Gasteiger partial charge is 0.333 e. The van der Waals surface area contributed by atoms with Gasteiger partial charge in [-0.1, -0.05) is 22.9 Å². The van der Waals surface area contributed by atoms with E-state index in [2.05, 4.69) is 15.2 Å². The van der Waals surface area contributed by atoms with Crippen molar-refractivity contribution in [1.82, 2.24) is 14.1 Å². The van der Waals surface area contributed by atoms with E-state index in [1.165, 1.54) is 28.0 Å². The first-order chi connectivity index (χ1) is 15.3.